The van der Waals surface area contributed by atoms with Crippen molar-refractivity contribution in [2.45, 2.75) is 12.3 Å². The van der Waals surface area contributed by atoms with Gasteiger partial charge < -0.3 is 5.32 Å². The van der Waals surface area contributed by atoms with E-state index in [1.165, 1.54) is 11.3 Å². The number of aromatic nitrogens is 2. The molecule has 6 nitrogen and oxygen atoms in total. The van der Waals surface area contributed by atoms with E-state index in [1.807, 2.05) is 36.4 Å². The molecule has 1 amide bonds. The van der Waals surface area contributed by atoms with Gasteiger partial charge >= 0.3 is 0 Å². The Morgan fingerprint density at radius 2 is 1.69 bits per heavy atom. The van der Waals surface area contributed by atoms with Crippen LogP contribution in [0.5, 0.6) is 0 Å². The van der Waals surface area contributed by atoms with E-state index < -0.39 is 0 Å². The van der Waals surface area contributed by atoms with Crippen molar-refractivity contribution < 1.29 is 9.59 Å². The van der Waals surface area contributed by atoms with Crippen molar-refractivity contribution in [3.63, 3.8) is 0 Å². The number of amides is 1. The van der Waals surface area contributed by atoms with Gasteiger partial charge in [-0.2, -0.15) is 4.98 Å². The van der Waals surface area contributed by atoms with Crippen LogP contribution in [0.4, 0.5) is 5.00 Å². The fourth-order valence-corrected chi connectivity index (χ4v) is 5.47. The highest BCUT2D eigenvalue weighted by Gasteiger charge is 2.37. The summed E-state index contributed by atoms with van der Waals surface area (Å²) in [5, 5.41) is 3.51. The fraction of sp³-hybridized carbons (Fsp3) is 0.0909. The zero-order chi connectivity index (χ0) is 19.7. The van der Waals surface area contributed by atoms with Gasteiger partial charge in [0.1, 0.15) is 9.70 Å². The second-order valence-electron chi connectivity index (χ2n) is 7.16. The van der Waals surface area contributed by atoms with E-state index in [-0.39, 0.29) is 29.7 Å². The molecule has 0 aliphatic carbocycles. The first-order chi connectivity index (χ1) is 14.1. The number of nitrogens with one attached hydrogen (secondary N) is 1. The minimum atomic E-state index is -0.379. The summed E-state index contributed by atoms with van der Waals surface area (Å²) in [5.74, 6) is -0.164. The monoisotopic (exact) mass is 399 g/mol. The molecular weight excluding hydrogens is 386 g/mol. The van der Waals surface area contributed by atoms with Gasteiger partial charge in [0.25, 0.3) is 11.5 Å². The van der Waals surface area contributed by atoms with E-state index >= 15 is 0 Å². The number of carbonyl (C=O) groups excluding carboxylic acids is 2. The Morgan fingerprint density at radius 3 is 2.48 bits per heavy atom. The third-order valence-electron chi connectivity index (χ3n) is 5.55. The molecule has 0 bridgehead atoms. The molecule has 1 atom stereocenters. The third-order valence-corrected chi connectivity index (χ3v) is 6.65. The maximum absolute atomic E-state index is 13.2. The second-order valence-corrected chi connectivity index (χ2v) is 8.19. The summed E-state index contributed by atoms with van der Waals surface area (Å²) < 4.78 is 1.94. The lowest BCUT2D eigenvalue weighted by Crippen LogP contribution is -2.23. The van der Waals surface area contributed by atoms with E-state index in [4.69, 9.17) is 0 Å². The molecule has 2 aromatic heterocycles. The molecule has 4 heterocycles. The molecule has 7 heteroatoms. The van der Waals surface area contributed by atoms with Crippen LogP contribution in [-0.2, 0) is 4.79 Å². The van der Waals surface area contributed by atoms with Crippen LogP contribution in [0.1, 0.15) is 33.8 Å². The zero-order valence-electron chi connectivity index (χ0n) is 15.0. The largest absolute Gasteiger partial charge is 0.317 e. The lowest BCUT2D eigenvalue weighted by molar-refractivity contribution is -0.116. The Hall–Kier alpha value is -3.58. The lowest BCUT2D eigenvalue weighted by atomic mass is 9.86. The quantitative estimate of drug-likeness (QED) is 0.467. The van der Waals surface area contributed by atoms with E-state index in [1.54, 1.807) is 22.8 Å². The molecule has 0 saturated heterocycles. The van der Waals surface area contributed by atoms with Gasteiger partial charge in [0, 0.05) is 23.5 Å². The van der Waals surface area contributed by atoms with Crippen LogP contribution in [0.2, 0.25) is 0 Å². The number of carbonyl (C=O) groups is 2. The van der Waals surface area contributed by atoms with Crippen LogP contribution < -0.4 is 10.9 Å². The second kappa shape index (κ2) is 5.71. The molecule has 1 unspecified atom stereocenters. The molecule has 1 N–H and O–H groups in total. The number of anilines is 1. The highest BCUT2D eigenvalue weighted by molar-refractivity contribution is 7.23. The smallest absolute Gasteiger partial charge is 0.291 e. The Bertz CT molecular complexity index is 1420. The number of benzene rings is 2. The van der Waals surface area contributed by atoms with Crippen molar-refractivity contribution in [3.05, 3.63) is 81.6 Å². The minimum absolute atomic E-state index is 0.102. The van der Waals surface area contributed by atoms with E-state index in [2.05, 4.69) is 10.3 Å². The maximum atomic E-state index is 13.2. The Kier molecular flexibility index (Phi) is 3.23. The first kappa shape index (κ1) is 16.4. The van der Waals surface area contributed by atoms with E-state index in [0.29, 0.717) is 32.2 Å². The molecule has 2 aliphatic heterocycles. The number of thiophene rings is 1. The van der Waals surface area contributed by atoms with Crippen molar-refractivity contribution in [1.29, 1.82) is 0 Å². The molecule has 0 saturated carbocycles. The molecule has 29 heavy (non-hydrogen) atoms. The predicted molar refractivity (Wildman–Crippen MR) is 111 cm³/mol. The number of hydrogen-bond acceptors (Lipinski definition) is 5. The fourth-order valence-electron chi connectivity index (χ4n) is 4.32. The summed E-state index contributed by atoms with van der Waals surface area (Å²) in [6.45, 7) is 0. The van der Waals surface area contributed by atoms with Crippen molar-refractivity contribution in [2.75, 3.05) is 5.32 Å². The number of fused-ring (bicyclic) bond motifs is 7. The first-order valence-corrected chi connectivity index (χ1v) is 10.0. The van der Waals surface area contributed by atoms with Crippen LogP contribution >= 0.6 is 11.3 Å². The SMILES string of the molecule is O=C1CC(c2ccccc2)c2c(sc3c(=O)nc4n(c23)C(=O)c2ccccc2-4)N1. The summed E-state index contributed by atoms with van der Waals surface area (Å²) >= 11 is 1.20. The highest BCUT2D eigenvalue weighted by Crippen LogP contribution is 2.47. The van der Waals surface area contributed by atoms with Crippen molar-refractivity contribution in [1.82, 2.24) is 9.55 Å². The Balaban J connectivity index is 1.73. The van der Waals surface area contributed by atoms with Crippen LogP contribution in [0.15, 0.2) is 59.4 Å². The summed E-state index contributed by atoms with van der Waals surface area (Å²) in [6, 6.07) is 16.9. The molecule has 0 fully saturated rings. The Morgan fingerprint density at radius 1 is 0.966 bits per heavy atom. The standard InChI is InChI=1S/C22H13N3O3S/c26-15-10-14(11-6-2-1-3-7-11)16-17-18(29-21(16)23-15)20(27)24-19-12-8-4-5-9-13(12)22(28)25(17)19/h1-9,14H,10H2,(H,23,26). The summed E-state index contributed by atoms with van der Waals surface area (Å²) in [4.78, 5) is 42.7. The van der Waals surface area contributed by atoms with Gasteiger partial charge in [-0.25, -0.2) is 0 Å². The van der Waals surface area contributed by atoms with E-state index in [9.17, 15) is 14.4 Å². The average molecular weight is 399 g/mol. The van der Waals surface area contributed by atoms with Crippen LogP contribution in [-0.4, -0.2) is 21.4 Å². The van der Waals surface area contributed by atoms with Gasteiger partial charge in [-0.1, -0.05) is 48.5 Å². The average Bonchev–Trinajstić information content (AvgIpc) is 3.25. The van der Waals surface area contributed by atoms with Crippen LogP contribution in [0.25, 0.3) is 21.6 Å². The number of nitrogens with zero attached hydrogens (tertiary/aromatic N) is 2. The summed E-state index contributed by atoms with van der Waals surface area (Å²) in [7, 11) is 0. The summed E-state index contributed by atoms with van der Waals surface area (Å²) in [5.41, 5.74) is 3.17. The maximum Gasteiger partial charge on any atom is 0.291 e. The highest BCUT2D eigenvalue weighted by atomic mass is 32.1. The molecule has 2 aromatic carbocycles. The van der Waals surface area contributed by atoms with Gasteiger partial charge in [0.2, 0.25) is 5.91 Å². The molecule has 6 rings (SSSR count). The normalized spacial score (nSPS) is 17.0. The molecular formula is C22H13N3O3S. The van der Waals surface area contributed by atoms with Crippen molar-refractivity contribution >= 4 is 38.4 Å². The first-order valence-electron chi connectivity index (χ1n) is 9.22. The molecule has 4 aromatic rings. The zero-order valence-corrected chi connectivity index (χ0v) is 15.8. The van der Waals surface area contributed by atoms with Crippen LogP contribution in [0, 0.1) is 0 Å². The number of hydrogen-bond donors (Lipinski definition) is 1. The lowest BCUT2D eigenvalue weighted by Gasteiger charge is -2.24. The summed E-state index contributed by atoms with van der Waals surface area (Å²) in [6.07, 6.45) is 0.260. The topological polar surface area (TPSA) is 81.1 Å². The van der Waals surface area contributed by atoms with Gasteiger partial charge in [-0.3, -0.25) is 19.0 Å². The predicted octanol–water partition coefficient (Wildman–Crippen LogP) is 3.60. The van der Waals surface area contributed by atoms with E-state index in [0.717, 1.165) is 11.1 Å². The van der Waals surface area contributed by atoms with Gasteiger partial charge in [0.05, 0.1) is 11.1 Å². The minimum Gasteiger partial charge on any atom is -0.317 e. The molecule has 140 valence electrons. The molecule has 2 aliphatic rings. The van der Waals surface area contributed by atoms with Crippen molar-refractivity contribution in [3.8, 4) is 11.4 Å². The molecule has 0 spiro atoms. The molecule has 0 radical (unpaired) electrons. The number of rotatable bonds is 1. The third kappa shape index (κ3) is 2.16. The van der Waals surface area contributed by atoms with Gasteiger partial charge in [0.15, 0.2) is 5.82 Å². The Labute approximate surface area is 168 Å². The van der Waals surface area contributed by atoms with Crippen molar-refractivity contribution in [2.24, 2.45) is 0 Å². The van der Waals surface area contributed by atoms with Gasteiger partial charge in [-0.15, -0.1) is 11.3 Å². The van der Waals surface area contributed by atoms with Gasteiger partial charge in [-0.05, 0) is 11.6 Å². The van der Waals surface area contributed by atoms with Crippen LogP contribution in [0.3, 0.4) is 0 Å².